The maximum atomic E-state index is 13.8. The minimum absolute atomic E-state index is 0.000568. The highest BCUT2D eigenvalue weighted by Crippen LogP contribution is 2.26. The fourth-order valence-corrected chi connectivity index (χ4v) is 4.27. The van der Waals surface area contributed by atoms with E-state index < -0.39 is 11.6 Å². The molecule has 4 nitrogen and oxygen atoms in total. The molecule has 0 aliphatic rings. The molecular formula is C28H30Cl2N2O2. The summed E-state index contributed by atoms with van der Waals surface area (Å²) in [6.07, 6.45) is 0.386. The number of carbonyl (C=O) groups is 2. The van der Waals surface area contributed by atoms with E-state index >= 15 is 0 Å². The van der Waals surface area contributed by atoms with Crippen LogP contribution >= 0.6 is 23.2 Å². The summed E-state index contributed by atoms with van der Waals surface area (Å²) in [7, 11) is 0. The van der Waals surface area contributed by atoms with Crippen molar-refractivity contribution in [2.24, 2.45) is 0 Å². The van der Waals surface area contributed by atoms with Gasteiger partial charge in [-0.15, -0.1) is 0 Å². The molecule has 3 rings (SSSR count). The summed E-state index contributed by atoms with van der Waals surface area (Å²) in [5.74, 6) is -0.422. The maximum absolute atomic E-state index is 13.8. The Morgan fingerprint density at radius 1 is 0.824 bits per heavy atom. The van der Waals surface area contributed by atoms with Gasteiger partial charge >= 0.3 is 0 Å². The second-order valence-electron chi connectivity index (χ2n) is 9.33. The fourth-order valence-electron chi connectivity index (χ4n) is 3.74. The van der Waals surface area contributed by atoms with Gasteiger partial charge in [0.2, 0.25) is 11.8 Å². The molecule has 0 bridgehead atoms. The van der Waals surface area contributed by atoms with E-state index in [9.17, 15) is 9.59 Å². The van der Waals surface area contributed by atoms with Gasteiger partial charge in [-0.05, 0) is 49.6 Å². The first-order chi connectivity index (χ1) is 16.1. The van der Waals surface area contributed by atoms with Crippen molar-refractivity contribution in [1.29, 1.82) is 0 Å². The van der Waals surface area contributed by atoms with E-state index in [2.05, 4.69) is 5.32 Å². The van der Waals surface area contributed by atoms with Crippen LogP contribution in [0.25, 0.3) is 0 Å². The van der Waals surface area contributed by atoms with E-state index in [0.29, 0.717) is 22.0 Å². The Morgan fingerprint density at radius 2 is 1.35 bits per heavy atom. The Morgan fingerprint density at radius 3 is 1.88 bits per heavy atom. The van der Waals surface area contributed by atoms with Crippen LogP contribution in [0.5, 0.6) is 0 Å². The molecule has 3 aromatic carbocycles. The van der Waals surface area contributed by atoms with Crippen LogP contribution in [-0.4, -0.2) is 28.3 Å². The van der Waals surface area contributed by atoms with Gasteiger partial charge in [-0.1, -0.05) is 89.9 Å². The second-order valence-corrected chi connectivity index (χ2v) is 10.1. The van der Waals surface area contributed by atoms with E-state index in [0.717, 1.165) is 11.1 Å². The summed E-state index contributed by atoms with van der Waals surface area (Å²) >= 11 is 12.7. The molecule has 0 radical (unpaired) electrons. The summed E-state index contributed by atoms with van der Waals surface area (Å²) in [6, 6.07) is 23.8. The van der Waals surface area contributed by atoms with Gasteiger partial charge in [0.15, 0.2) is 0 Å². The minimum Gasteiger partial charge on any atom is -0.350 e. The van der Waals surface area contributed by atoms with Gasteiger partial charge in [0.1, 0.15) is 6.04 Å². The van der Waals surface area contributed by atoms with Crippen LogP contribution in [0.3, 0.4) is 0 Å². The van der Waals surface area contributed by atoms with Gasteiger partial charge in [-0.25, -0.2) is 0 Å². The molecule has 0 aliphatic carbocycles. The SMILES string of the molecule is CC(C)(C)NC(=O)[C@@H](Cc1ccccc1)N(Cc1ccccc1)C(=O)Cc1c(Cl)cccc1Cl. The highest BCUT2D eigenvalue weighted by Gasteiger charge is 2.32. The molecule has 0 spiro atoms. The van der Waals surface area contributed by atoms with E-state index in [4.69, 9.17) is 23.2 Å². The number of benzene rings is 3. The van der Waals surface area contributed by atoms with Crippen molar-refractivity contribution in [1.82, 2.24) is 10.2 Å². The minimum atomic E-state index is -0.712. The predicted octanol–water partition coefficient (Wildman–Crippen LogP) is 6.09. The summed E-state index contributed by atoms with van der Waals surface area (Å²) in [5, 5.41) is 3.92. The monoisotopic (exact) mass is 496 g/mol. The van der Waals surface area contributed by atoms with E-state index in [1.54, 1.807) is 23.1 Å². The quantitative estimate of drug-likeness (QED) is 0.410. The van der Waals surface area contributed by atoms with E-state index in [1.807, 2.05) is 81.4 Å². The number of carbonyl (C=O) groups excluding carboxylic acids is 2. The molecule has 1 atom stereocenters. The first-order valence-corrected chi connectivity index (χ1v) is 12.0. The molecular weight excluding hydrogens is 467 g/mol. The number of nitrogens with zero attached hydrogens (tertiary/aromatic N) is 1. The van der Waals surface area contributed by atoms with Gasteiger partial charge in [0, 0.05) is 28.5 Å². The predicted molar refractivity (Wildman–Crippen MR) is 139 cm³/mol. The molecule has 1 N–H and O–H groups in total. The van der Waals surface area contributed by atoms with Crippen molar-refractivity contribution in [3.63, 3.8) is 0 Å². The van der Waals surface area contributed by atoms with Gasteiger partial charge in [0.25, 0.3) is 0 Å². The number of halogens is 2. The molecule has 0 unspecified atom stereocenters. The number of amides is 2. The number of rotatable bonds is 8. The maximum Gasteiger partial charge on any atom is 0.243 e. The lowest BCUT2D eigenvalue weighted by molar-refractivity contribution is -0.141. The van der Waals surface area contributed by atoms with Crippen molar-refractivity contribution < 1.29 is 9.59 Å². The molecule has 34 heavy (non-hydrogen) atoms. The van der Waals surface area contributed by atoms with Gasteiger partial charge in [-0.3, -0.25) is 9.59 Å². The van der Waals surface area contributed by atoms with Crippen molar-refractivity contribution in [2.75, 3.05) is 0 Å². The highest BCUT2D eigenvalue weighted by atomic mass is 35.5. The molecule has 0 saturated heterocycles. The Kier molecular flexibility index (Phi) is 8.76. The number of hydrogen-bond acceptors (Lipinski definition) is 2. The van der Waals surface area contributed by atoms with Gasteiger partial charge in [-0.2, -0.15) is 0 Å². The van der Waals surface area contributed by atoms with Crippen LogP contribution in [0.4, 0.5) is 0 Å². The van der Waals surface area contributed by atoms with Gasteiger partial charge in [0.05, 0.1) is 6.42 Å². The van der Waals surface area contributed by atoms with Crippen LogP contribution in [0, 0.1) is 0 Å². The van der Waals surface area contributed by atoms with Crippen molar-refractivity contribution in [3.8, 4) is 0 Å². The van der Waals surface area contributed by atoms with E-state index in [-0.39, 0.29) is 24.8 Å². The summed E-state index contributed by atoms with van der Waals surface area (Å²) < 4.78 is 0. The number of hydrogen-bond donors (Lipinski definition) is 1. The molecule has 0 saturated carbocycles. The van der Waals surface area contributed by atoms with Crippen molar-refractivity contribution >= 4 is 35.0 Å². The first-order valence-electron chi connectivity index (χ1n) is 11.3. The molecule has 6 heteroatoms. The standard InChI is InChI=1S/C28H30Cl2N2O2/c1-28(2,3)31-27(34)25(17-20-11-6-4-7-12-20)32(19-21-13-8-5-9-14-21)26(33)18-22-23(29)15-10-16-24(22)30/h4-16,25H,17-19H2,1-3H3,(H,31,34)/t25-/m1/s1. The Labute approximate surface area is 211 Å². The van der Waals surface area contributed by atoms with Crippen LogP contribution in [0.1, 0.15) is 37.5 Å². The third-order valence-corrected chi connectivity index (χ3v) is 6.06. The smallest absolute Gasteiger partial charge is 0.243 e. The highest BCUT2D eigenvalue weighted by molar-refractivity contribution is 6.36. The zero-order valence-electron chi connectivity index (χ0n) is 19.7. The average molecular weight is 497 g/mol. The topological polar surface area (TPSA) is 49.4 Å². The Hall–Kier alpha value is -2.82. The molecule has 3 aromatic rings. The normalized spacial score (nSPS) is 12.1. The van der Waals surface area contributed by atoms with Crippen LogP contribution in [0.15, 0.2) is 78.9 Å². The summed E-state index contributed by atoms with van der Waals surface area (Å²) in [6.45, 7) is 6.07. The first kappa shape index (κ1) is 25.8. The fraction of sp³-hybridized carbons (Fsp3) is 0.286. The van der Waals surface area contributed by atoms with Crippen molar-refractivity contribution in [3.05, 3.63) is 106 Å². The van der Waals surface area contributed by atoms with E-state index in [1.165, 1.54) is 0 Å². The average Bonchev–Trinajstić information content (AvgIpc) is 2.79. The zero-order valence-corrected chi connectivity index (χ0v) is 21.2. The Balaban J connectivity index is 2.01. The second kappa shape index (κ2) is 11.5. The molecule has 178 valence electrons. The third-order valence-electron chi connectivity index (χ3n) is 5.35. The molecule has 2 amide bonds. The lowest BCUT2D eigenvalue weighted by Crippen LogP contribution is -2.54. The largest absolute Gasteiger partial charge is 0.350 e. The molecule has 0 aromatic heterocycles. The molecule has 0 heterocycles. The summed E-state index contributed by atoms with van der Waals surface area (Å²) in [4.78, 5) is 28.9. The van der Waals surface area contributed by atoms with Crippen molar-refractivity contribution in [2.45, 2.75) is 51.7 Å². The van der Waals surface area contributed by atoms with Crippen LogP contribution in [-0.2, 0) is 29.0 Å². The lowest BCUT2D eigenvalue weighted by Gasteiger charge is -2.34. The summed E-state index contributed by atoms with van der Waals surface area (Å²) in [5.41, 5.74) is 2.02. The molecule has 0 aliphatic heterocycles. The Bertz CT molecular complexity index is 1090. The third kappa shape index (κ3) is 7.34. The number of nitrogens with one attached hydrogen (secondary N) is 1. The zero-order chi connectivity index (χ0) is 24.7. The van der Waals surface area contributed by atoms with Crippen LogP contribution in [0.2, 0.25) is 10.0 Å². The van der Waals surface area contributed by atoms with Crippen LogP contribution < -0.4 is 5.32 Å². The van der Waals surface area contributed by atoms with Gasteiger partial charge < -0.3 is 10.2 Å². The molecule has 0 fully saturated rings. The lowest BCUT2D eigenvalue weighted by atomic mass is 10.00.